The summed E-state index contributed by atoms with van der Waals surface area (Å²) in [4.78, 5) is 79.7. The third kappa shape index (κ3) is 24.8. The van der Waals surface area contributed by atoms with Crippen LogP contribution in [0, 0.1) is 0 Å². The van der Waals surface area contributed by atoms with E-state index >= 15 is 0 Å². The molecule has 0 aromatic heterocycles. The van der Waals surface area contributed by atoms with Crippen LogP contribution in [0.3, 0.4) is 0 Å². The van der Waals surface area contributed by atoms with Crippen LogP contribution in [0.25, 0.3) is 5.70 Å². The molecule has 1 aliphatic heterocycles. The summed E-state index contributed by atoms with van der Waals surface area (Å²) in [5, 5.41) is 45.3. The Morgan fingerprint density at radius 3 is 1.65 bits per heavy atom. The van der Waals surface area contributed by atoms with Crippen molar-refractivity contribution in [3.8, 4) is 11.5 Å². The SMILES string of the molecule is CNC(/C=C(\Nc1ccc(CCCCN(C)CCCN(C)C)cc1C(C)C)c1c(OC)cccc1OC)C(=O)NCC(=O)O.O=CCN1CCN(CC(=O)O)CCN(CC(=O)O)CCN(CC(=O)O)CC1. The largest absolute Gasteiger partial charge is 0.496 e. The van der Waals surface area contributed by atoms with Crippen LogP contribution in [0.15, 0.2) is 42.5 Å². The topological polar surface area (TPSA) is 257 Å². The van der Waals surface area contributed by atoms with Crippen LogP contribution in [0.1, 0.15) is 55.7 Å². The molecule has 1 atom stereocenters. The molecule has 0 aliphatic carbocycles. The first-order valence-electron chi connectivity index (χ1n) is 24.1. The van der Waals surface area contributed by atoms with E-state index in [1.54, 1.807) is 42.0 Å². The third-order valence-corrected chi connectivity index (χ3v) is 11.8. The molecule has 1 amide bonds. The first-order valence-corrected chi connectivity index (χ1v) is 24.1. The second-order valence-corrected chi connectivity index (χ2v) is 18.1. The third-order valence-electron chi connectivity index (χ3n) is 11.8. The van der Waals surface area contributed by atoms with Crippen molar-refractivity contribution in [1.29, 1.82) is 0 Å². The number of hydrogen-bond donors (Lipinski definition) is 7. The molecule has 0 spiro atoms. The summed E-state index contributed by atoms with van der Waals surface area (Å²) in [5.74, 6) is -3.14. The number of carbonyl (C=O) groups is 6. The first kappa shape index (κ1) is 61.4. The van der Waals surface area contributed by atoms with Crippen LogP contribution >= 0.6 is 0 Å². The highest BCUT2D eigenvalue weighted by Crippen LogP contribution is 2.37. The number of anilines is 1. The van der Waals surface area contributed by atoms with E-state index in [0.29, 0.717) is 75.1 Å². The smallest absolute Gasteiger partial charge is 0.322 e. The average Bonchev–Trinajstić information content (AvgIpc) is 3.31. The van der Waals surface area contributed by atoms with E-state index < -0.39 is 42.4 Å². The highest BCUT2D eigenvalue weighted by atomic mass is 16.5. The van der Waals surface area contributed by atoms with Gasteiger partial charge in [-0.15, -0.1) is 0 Å². The lowest BCUT2D eigenvalue weighted by Crippen LogP contribution is -2.48. The molecule has 1 saturated heterocycles. The highest BCUT2D eigenvalue weighted by molar-refractivity contribution is 5.91. The summed E-state index contributed by atoms with van der Waals surface area (Å²) < 4.78 is 11.4. The normalized spacial score (nSPS) is 15.2. The van der Waals surface area contributed by atoms with Crippen molar-refractivity contribution in [2.45, 2.75) is 51.5 Å². The zero-order valence-electron chi connectivity index (χ0n) is 43.2. The Morgan fingerprint density at radius 1 is 0.704 bits per heavy atom. The number of nitrogens with zero attached hydrogens (tertiary/aromatic N) is 6. The molecule has 21 nitrogen and oxygen atoms in total. The maximum Gasteiger partial charge on any atom is 0.322 e. The number of amides is 1. The predicted octanol–water partition coefficient (Wildman–Crippen LogP) is 1.94. The van der Waals surface area contributed by atoms with Gasteiger partial charge in [0.15, 0.2) is 0 Å². The minimum absolute atomic E-state index is 0.166. The number of carboxylic acids is 4. The summed E-state index contributed by atoms with van der Waals surface area (Å²) in [7, 11) is 11.2. The summed E-state index contributed by atoms with van der Waals surface area (Å²) >= 11 is 0. The summed E-state index contributed by atoms with van der Waals surface area (Å²) in [5.41, 5.74) is 4.59. The molecule has 3 rings (SSSR count). The molecule has 1 unspecified atom stereocenters. The number of aldehydes is 1. The number of unbranched alkanes of at least 4 members (excludes halogenated alkanes) is 1. The number of ether oxygens (including phenoxy) is 2. The van der Waals surface area contributed by atoms with Crippen LogP contribution < -0.4 is 25.4 Å². The number of nitrogens with one attached hydrogen (secondary N) is 3. The fourth-order valence-electron chi connectivity index (χ4n) is 7.93. The minimum atomic E-state index is -1.12. The molecule has 1 fully saturated rings. The second-order valence-electron chi connectivity index (χ2n) is 18.1. The summed E-state index contributed by atoms with van der Waals surface area (Å²) in [6, 6.07) is 11.2. The van der Waals surface area contributed by atoms with Crippen molar-refractivity contribution < 1.29 is 58.7 Å². The van der Waals surface area contributed by atoms with Gasteiger partial charge in [0.2, 0.25) is 5.91 Å². The molecule has 2 aromatic rings. The van der Waals surface area contributed by atoms with Gasteiger partial charge in [0.05, 0.1) is 51.7 Å². The monoisotopic (exact) mass is 1000 g/mol. The number of likely N-dealkylation sites (N-methyl/N-ethyl adjacent to an activating group) is 1. The molecule has 71 heavy (non-hydrogen) atoms. The summed E-state index contributed by atoms with van der Waals surface area (Å²) in [6.07, 6.45) is 6.93. The van der Waals surface area contributed by atoms with Crippen LogP contribution in [0.4, 0.5) is 5.69 Å². The summed E-state index contributed by atoms with van der Waals surface area (Å²) in [6.45, 7) is 10.0. The molecule has 1 aliphatic rings. The van der Waals surface area contributed by atoms with E-state index in [9.17, 15) is 28.8 Å². The molecule has 0 radical (unpaired) electrons. The van der Waals surface area contributed by atoms with Gasteiger partial charge < -0.3 is 60.4 Å². The van der Waals surface area contributed by atoms with Crippen molar-refractivity contribution in [2.75, 3.05) is 152 Å². The fourth-order valence-corrected chi connectivity index (χ4v) is 7.93. The Kier molecular flexibility index (Phi) is 29.3. The molecule has 2 aromatic carbocycles. The number of aliphatic carboxylic acids is 4. The molecule has 0 saturated carbocycles. The van der Waals surface area contributed by atoms with Gasteiger partial charge in [-0.1, -0.05) is 32.0 Å². The van der Waals surface area contributed by atoms with Gasteiger partial charge in [-0.2, -0.15) is 0 Å². The second kappa shape index (κ2) is 33.8. The molecule has 7 N–H and O–H groups in total. The van der Waals surface area contributed by atoms with Crippen molar-refractivity contribution in [1.82, 2.24) is 40.0 Å². The zero-order chi connectivity index (χ0) is 52.9. The van der Waals surface area contributed by atoms with E-state index in [0.717, 1.165) is 56.4 Å². The Labute approximate surface area is 419 Å². The lowest BCUT2D eigenvalue weighted by molar-refractivity contribution is -0.140. The van der Waals surface area contributed by atoms with Gasteiger partial charge in [-0.25, -0.2) is 0 Å². The highest BCUT2D eigenvalue weighted by Gasteiger charge is 2.23. The number of carboxylic acid groups (broad SMARTS) is 4. The molecular weight excluding hydrogens is 919 g/mol. The van der Waals surface area contributed by atoms with Crippen LogP contribution in [-0.2, 0) is 35.2 Å². The van der Waals surface area contributed by atoms with Gasteiger partial charge in [0.25, 0.3) is 0 Å². The lowest BCUT2D eigenvalue weighted by Gasteiger charge is -2.32. The van der Waals surface area contributed by atoms with Crippen molar-refractivity contribution in [3.63, 3.8) is 0 Å². The molecular formula is C50H81N9O12. The van der Waals surface area contributed by atoms with E-state index in [4.69, 9.17) is 29.9 Å². The fraction of sp³-hybridized carbons (Fsp3) is 0.600. The number of methoxy groups -OCH3 is 2. The van der Waals surface area contributed by atoms with Crippen LogP contribution in [0.2, 0.25) is 0 Å². The van der Waals surface area contributed by atoms with E-state index in [1.165, 1.54) is 12.0 Å². The quantitative estimate of drug-likeness (QED) is 0.0475. The van der Waals surface area contributed by atoms with Gasteiger partial charge in [-0.05, 0) is 115 Å². The van der Waals surface area contributed by atoms with Gasteiger partial charge >= 0.3 is 23.9 Å². The predicted molar refractivity (Wildman–Crippen MR) is 274 cm³/mol. The van der Waals surface area contributed by atoms with E-state index in [-0.39, 0.29) is 32.1 Å². The van der Waals surface area contributed by atoms with Crippen molar-refractivity contribution in [2.24, 2.45) is 0 Å². The Morgan fingerprint density at radius 2 is 1.21 bits per heavy atom. The van der Waals surface area contributed by atoms with Crippen molar-refractivity contribution >= 4 is 47.5 Å². The number of benzene rings is 2. The number of rotatable bonds is 28. The molecule has 21 heteroatoms. The van der Waals surface area contributed by atoms with Crippen molar-refractivity contribution in [3.05, 3.63) is 59.2 Å². The van der Waals surface area contributed by atoms with Crippen LogP contribution in [0.5, 0.6) is 11.5 Å². The van der Waals surface area contributed by atoms with Crippen LogP contribution in [-0.4, -0.2) is 239 Å². The first-order chi connectivity index (χ1) is 33.8. The number of carbonyl (C=O) groups excluding carboxylic acids is 2. The zero-order valence-corrected chi connectivity index (χ0v) is 43.2. The molecule has 398 valence electrons. The lowest BCUT2D eigenvalue weighted by atomic mass is 9.95. The maximum atomic E-state index is 12.9. The Bertz CT molecular complexity index is 1950. The Hall–Kier alpha value is -5.68. The Balaban J connectivity index is 0.000000547. The maximum absolute atomic E-state index is 12.9. The van der Waals surface area contributed by atoms with Gasteiger partial charge in [-0.3, -0.25) is 43.6 Å². The number of aryl methyl sites for hydroxylation is 1. The van der Waals surface area contributed by atoms with Gasteiger partial charge in [0.1, 0.15) is 30.4 Å². The molecule has 0 bridgehead atoms. The average molecular weight is 1000 g/mol. The van der Waals surface area contributed by atoms with Gasteiger partial charge in [0, 0.05) is 58.0 Å². The van der Waals surface area contributed by atoms with E-state index in [2.05, 4.69) is 78.9 Å². The number of hydrogen-bond acceptors (Lipinski definition) is 16. The minimum Gasteiger partial charge on any atom is -0.496 e. The molecule has 1 heterocycles. The standard InChI is InChI=1S/C34H53N5O5.C16H28N4O7/c1-24(2)26-21-25(13-9-10-19-39(6)20-12-18-38(4)5)16-17-27(26)37-28(22-29(35-3)34(42)36-23-32(40)41)33-30(43-7)14-11-15-31(33)44-8;21-10-9-17-1-3-18(11-14(22)23)5-7-20(13-16(26)27)8-6-19(4-2-17)12-15(24)25/h11,14-17,21-22,24,29,35,37H,9-10,12-13,18-20,23H2,1-8H3,(H,36,42)(H,40,41);10H,1-9,11-13H2,(H,22,23)(H,24,25)(H,26,27)/b28-22-;. The van der Waals surface area contributed by atoms with E-state index in [1.807, 2.05) is 23.1 Å².